The molecule has 0 aliphatic heterocycles. The molecule has 0 heterocycles. The van der Waals surface area contributed by atoms with Crippen LogP contribution in [0.1, 0.15) is 127 Å². The smallest absolute Gasteiger partial charge is 0.131 e. The molecule has 0 saturated heterocycles. The number of hydrogen-bond donors (Lipinski definition) is 0. The Morgan fingerprint density at radius 1 is 0.566 bits per heavy atom. The Balaban J connectivity index is 1.69. The summed E-state index contributed by atoms with van der Waals surface area (Å²) in [7, 11) is 1.43. The van der Waals surface area contributed by atoms with Gasteiger partial charge in [-0.2, -0.15) is 0 Å². The van der Waals surface area contributed by atoms with Crippen molar-refractivity contribution >= 4 is 20.2 Å². The van der Waals surface area contributed by atoms with E-state index in [1.54, 1.807) is 11.1 Å². The predicted molar refractivity (Wildman–Crippen MR) is 232 cm³/mol. The number of ether oxygens (including phenoxy) is 2. The number of allylic oxidation sites excluding steroid dienone is 2. The highest BCUT2D eigenvalue weighted by Gasteiger charge is 2.50. The van der Waals surface area contributed by atoms with Crippen molar-refractivity contribution in [2.24, 2.45) is 11.8 Å². The zero-order valence-corrected chi connectivity index (χ0v) is 36.1. The number of hydrogen-bond acceptors (Lipinski definition) is 2. The normalized spacial score (nSPS) is 17.2. The second kappa shape index (κ2) is 14.4. The molecule has 2 nitrogen and oxygen atoms in total. The van der Waals surface area contributed by atoms with Crippen LogP contribution >= 0.6 is 0 Å². The first-order valence-electron chi connectivity index (χ1n) is 19.9. The Hall–Kier alpha value is -3.82. The zero-order chi connectivity index (χ0) is 38.6. The Kier molecular flexibility index (Phi) is 10.6. The Morgan fingerprint density at radius 2 is 0.906 bits per heavy atom. The maximum absolute atomic E-state index is 6.41. The molecule has 0 saturated carbocycles. The van der Waals surface area contributed by atoms with E-state index in [2.05, 4.69) is 167 Å². The summed E-state index contributed by atoms with van der Waals surface area (Å²) in [6.45, 7) is 29.0. The van der Waals surface area contributed by atoms with E-state index < -0.39 is 8.07 Å². The van der Waals surface area contributed by atoms with E-state index in [9.17, 15) is 0 Å². The summed E-state index contributed by atoms with van der Waals surface area (Å²) in [4.78, 5) is 0. The van der Waals surface area contributed by atoms with E-state index in [0.29, 0.717) is 22.9 Å². The number of methoxy groups -OCH3 is 2. The van der Waals surface area contributed by atoms with Crippen LogP contribution in [-0.4, -0.2) is 22.3 Å². The van der Waals surface area contributed by atoms with E-state index in [-0.39, 0.29) is 10.8 Å². The van der Waals surface area contributed by atoms with Gasteiger partial charge in [0.15, 0.2) is 0 Å². The molecule has 2 aliphatic rings. The summed E-state index contributed by atoms with van der Waals surface area (Å²) in [6.07, 6.45) is 7.37. The third-order valence-electron chi connectivity index (χ3n) is 11.7. The minimum Gasteiger partial charge on any atom is -0.496 e. The van der Waals surface area contributed by atoms with Crippen molar-refractivity contribution in [2.45, 2.75) is 117 Å². The molecule has 0 bridgehead atoms. The van der Waals surface area contributed by atoms with Crippen LogP contribution in [-0.2, 0) is 10.8 Å². The zero-order valence-electron chi connectivity index (χ0n) is 35.1. The molecular weight excluding hydrogens is 661 g/mol. The fraction of sp³-hybridized carbons (Fsp3) is 0.440. The van der Waals surface area contributed by atoms with Crippen LogP contribution in [0.5, 0.6) is 11.5 Å². The molecule has 6 rings (SSSR count). The van der Waals surface area contributed by atoms with Crippen molar-refractivity contribution in [2.75, 3.05) is 14.2 Å². The number of benzene rings is 4. The van der Waals surface area contributed by atoms with Crippen LogP contribution in [0.15, 0.2) is 83.9 Å². The van der Waals surface area contributed by atoms with E-state index in [0.717, 1.165) is 24.3 Å². The van der Waals surface area contributed by atoms with Crippen molar-refractivity contribution in [1.29, 1.82) is 0 Å². The van der Waals surface area contributed by atoms with Crippen molar-refractivity contribution in [1.82, 2.24) is 0 Å². The topological polar surface area (TPSA) is 18.5 Å². The summed E-state index contributed by atoms with van der Waals surface area (Å²) in [6, 6.07) is 27.1. The lowest BCUT2D eigenvalue weighted by Gasteiger charge is -2.42. The molecule has 0 amide bonds. The minimum absolute atomic E-state index is 0.0909. The second-order valence-electron chi connectivity index (χ2n) is 19.2. The first-order chi connectivity index (χ1) is 24.9. The van der Waals surface area contributed by atoms with Crippen LogP contribution < -0.4 is 9.47 Å². The summed E-state index contributed by atoms with van der Waals surface area (Å²) in [5.74, 6) is 3.14. The third kappa shape index (κ3) is 7.11. The monoisotopic (exact) mass is 724 g/mol. The van der Waals surface area contributed by atoms with Gasteiger partial charge in [0, 0.05) is 33.3 Å². The predicted octanol–water partition coefficient (Wildman–Crippen LogP) is 14.2. The standard InChI is InChI=1S/C50H64O2Si/c1-31(2)25-35-27-37-39(29-41(49(5,6)7)45(51-11)43(37)33-21-17-15-18-22-33)47(35)53(13,14)48-36(26-32(3)4)28-38-40(48)30-42(50(8,9)10)46(52-12)44(38)34-23-19-16-20-24-34/h15-24,27-32,47-48H,25-26H2,1-14H3. The lowest BCUT2D eigenvalue weighted by molar-refractivity contribution is 0.399. The van der Waals surface area contributed by atoms with Gasteiger partial charge in [0.25, 0.3) is 0 Å². The molecule has 4 aromatic rings. The number of fused-ring (bicyclic) bond motifs is 2. The summed E-state index contributed by atoms with van der Waals surface area (Å²) < 4.78 is 12.8. The van der Waals surface area contributed by atoms with E-state index in [4.69, 9.17) is 9.47 Å². The van der Waals surface area contributed by atoms with Crippen LogP contribution in [0.2, 0.25) is 13.1 Å². The highest BCUT2D eigenvalue weighted by atomic mass is 28.3. The van der Waals surface area contributed by atoms with E-state index >= 15 is 0 Å². The van der Waals surface area contributed by atoms with Gasteiger partial charge in [-0.1, -0.05) is 178 Å². The van der Waals surface area contributed by atoms with Gasteiger partial charge in [0.05, 0.1) is 22.3 Å². The molecule has 4 aromatic carbocycles. The Bertz CT molecular complexity index is 1880. The Morgan fingerprint density at radius 3 is 1.19 bits per heavy atom. The van der Waals surface area contributed by atoms with E-state index in [1.807, 2.05) is 14.2 Å². The van der Waals surface area contributed by atoms with Gasteiger partial charge in [-0.05, 0) is 68.9 Å². The molecule has 0 aromatic heterocycles. The van der Waals surface area contributed by atoms with Gasteiger partial charge in [-0.3, -0.25) is 0 Å². The van der Waals surface area contributed by atoms with Crippen molar-refractivity contribution in [3.63, 3.8) is 0 Å². The molecule has 3 heteroatoms. The molecule has 0 radical (unpaired) electrons. The van der Waals surface area contributed by atoms with Crippen molar-refractivity contribution in [3.05, 3.63) is 117 Å². The first-order valence-corrected chi connectivity index (χ1v) is 23.1. The quantitative estimate of drug-likeness (QED) is 0.152. The van der Waals surface area contributed by atoms with Gasteiger partial charge in [0.2, 0.25) is 0 Å². The van der Waals surface area contributed by atoms with Crippen LogP contribution in [0.25, 0.3) is 34.4 Å². The molecule has 2 unspecified atom stereocenters. The molecule has 53 heavy (non-hydrogen) atoms. The molecule has 0 spiro atoms. The summed E-state index contributed by atoms with van der Waals surface area (Å²) in [5.41, 5.74) is 17.0. The fourth-order valence-electron chi connectivity index (χ4n) is 9.67. The average molecular weight is 725 g/mol. The molecule has 280 valence electrons. The van der Waals surface area contributed by atoms with Crippen LogP contribution in [0, 0.1) is 11.8 Å². The van der Waals surface area contributed by atoms with Gasteiger partial charge in [0.1, 0.15) is 11.5 Å². The van der Waals surface area contributed by atoms with Gasteiger partial charge in [-0.25, -0.2) is 0 Å². The van der Waals surface area contributed by atoms with Gasteiger partial charge < -0.3 is 9.47 Å². The fourth-order valence-corrected chi connectivity index (χ4v) is 14.4. The molecule has 0 N–H and O–H groups in total. The van der Waals surface area contributed by atoms with Crippen molar-refractivity contribution < 1.29 is 9.47 Å². The lowest BCUT2D eigenvalue weighted by Crippen LogP contribution is -2.43. The van der Waals surface area contributed by atoms with E-state index in [1.165, 1.54) is 55.6 Å². The average Bonchev–Trinajstić information content (AvgIpc) is 3.63. The summed E-state index contributed by atoms with van der Waals surface area (Å²) >= 11 is 0. The maximum atomic E-state index is 6.41. The molecule has 0 fully saturated rings. The van der Waals surface area contributed by atoms with Crippen LogP contribution in [0.4, 0.5) is 0 Å². The largest absolute Gasteiger partial charge is 0.496 e. The highest BCUT2D eigenvalue weighted by molar-refractivity contribution is 6.81. The lowest BCUT2D eigenvalue weighted by atomic mass is 9.81. The minimum atomic E-state index is -2.28. The molecular formula is C50H64O2Si. The van der Waals surface area contributed by atoms with Gasteiger partial charge >= 0.3 is 0 Å². The molecule has 2 aliphatic carbocycles. The highest BCUT2D eigenvalue weighted by Crippen LogP contribution is 2.59. The maximum Gasteiger partial charge on any atom is 0.131 e. The summed E-state index contributed by atoms with van der Waals surface area (Å²) in [5, 5.41) is 0. The third-order valence-corrected chi connectivity index (χ3v) is 16.0. The van der Waals surface area contributed by atoms with Crippen molar-refractivity contribution in [3.8, 4) is 33.8 Å². The number of rotatable bonds is 10. The second-order valence-corrected chi connectivity index (χ2v) is 24.0. The molecule has 2 atom stereocenters. The first kappa shape index (κ1) is 38.9. The van der Waals surface area contributed by atoms with Crippen LogP contribution in [0.3, 0.4) is 0 Å². The SMILES string of the molecule is COc1c(C(C)(C)C)cc2c(c1-c1ccccc1)C=C(CC(C)C)C2[Si](C)(C)C1C(CC(C)C)=Cc2c1cc(C(C)(C)C)c(OC)c2-c1ccccc1. The Labute approximate surface area is 322 Å². The van der Waals surface area contributed by atoms with Gasteiger partial charge in [-0.15, -0.1) is 0 Å².